The van der Waals surface area contributed by atoms with Crippen molar-refractivity contribution in [2.45, 2.75) is 46.0 Å². The molecule has 0 spiro atoms. The maximum absolute atomic E-state index is 11.0. The Morgan fingerprint density at radius 1 is 0.514 bits per heavy atom. The second-order valence-electron chi connectivity index (χ2n) is 8.26. The third kappa shape index (κ3) is 5.27. The number of hydrogen-bond donors (Lipinski definition) is 1. The molecule has 4 rings (SSSR count). The van der Waals surface area contributed by atoms with E-state index in [0.717, 1.165) is 36.0 Å². The molecule has 0 aliphatic carbocycles. The molecule has 0 saturated carbocycles. The molecule has 1 N–H and O–H groups in total. The summed E-state index contributed by atoms with van der Waals surface area (Å²) in [6, 6.07) is 30.4. The van der Waals surface area contributed by atoms with Crippen LogP contribution in [0, 0.1) is 0 Å². The summed E-state index contributed by atoms with van der Waals surface area (Å²) < 4.78 is 20.1. The Hall–Kier alpha value is -3.92. The summed E-state index contributed by atoms with van der Waals surface area (Å²) in [5, 5.41) is 11.0. The molecule has 0 amide bonds. The van der Waals surface area contributed by atoms with Crippen molar-refractivity contribution in [1.29, 1.82) is 0 Å². The highest BCUT2D eigenvalue weighted by Gasteiger charge is 2.45. The zero-order chi connectivity index (χ0) is 24.7. The summed E-state index contributed by atoms with van der Waals surface area (Å²) in [4.78, 5) is 0. The van der Waals surface area contributed by atoms with Gasteiger partial charge in [0.2, 0.25) is 0 Å². The number of phenols is 1. The fourth-order valence-electron chi connectivity index (χ4n) is 4.08. The van der Waals surface area contributed by atoms with Crippen LogP contribution in [0.3, 0.4) is 0 Å². The van der Waals surface area contributed by atoms with Crippen LogP contribution in [-0.2, 0) is 25.2 Å². The van der Waals surface area contributed by atoms with E-state index in [0.29, 0.717) is 22.8 Å². The number of aromatic hydroxyl groups is 1. The maximum atomic E-state index is 11.0. The molecule has 4 aromatic rings. The monoisotopic (exact) mass is 468 g/mol. The minimum atomic E-state index is -1.78. The molecular formula is C31H32O4. The minimum absolute atomic E-state index is 0.0180. The molecule has 0 bridgehead atoms. The highest BCUT2D eigenvalue weighted by Crippen LogP contribution is 2.40. The van der Waals surface area contributed by atoms with Gasteiger partial charge in [-0.1, -0.05) is 87.5 Å². The van der Waals surface area contributed by atoms with Gasteiger partial charge in [-0.15, -0.1) is 0 Å². The molecule has 0 saturated heterocycles. The van der Waals surface area contributed by atoms with E-state index in [9.17, 15) is 5.11 Å². The van der Waals surface area contributed by atoms with Crippen LogP contribution in [0.5, 0.6) is 23.0 Å². The average molecular weight is 469 g/mol. The molecule has 0 aliphatic heterocycles. The summed E-state index contributed by atoms with van der Waals surface area (Å²) in [6.07, 6.45) is 2.30. The first-order valence-corrected chi connectivity index (χ1v) is 12.2. The first kappa shape index (κ1) is 24.2. The third-order valence-electron chi connectivity index (χ3n) is 6.03. The predicted octanol–water partition coefficient (Wildman–Crippen LogP) is 7.43. The predicted molar refractivity (Wildman–Crippen MR) is 139 cm³/mol. The van der Waals surface area contributed by atoms with Gasteiger partial charge in [0.25, 0.3) is 0 Å². The fraction of sp³-hybridized carbons (Fsp3) is 0.226. The summed E-state index contributed by atoms with van der Waals surface area (Å²) in [6.45, 7) is 6.22. The van der Waals surface area contributed by atoms with Crippen molar-refractivity contribution in [3.8, 4) is 23.0 Å². The van der Waals surface area contributed by atoms with E-state index >= 15 is 0 Å². The molecule has 0 unspecified atom stereocenters. The van der Waals surface area contributed by atoms with Crippen LogP contribution in [-0.4, -0.2) is 5.11 Å². The first-order valence-electron chi connectivity index (χ1n) is 12.2. The van der Waals surface area contributed by atoms with Crippen LogP contribution in [0.4, 0.5) is 0 Å². The average Bonchev–Trinajstić information content (AvgIpc) is 2.89. The van der Waals surface area contributed by atoms with Gasteiger partial charge in [-0.25, -0.2) is 0 Å². The molecule has 0 atom stereocenters. The zero-order valence-corrected chi connectivity index (χ0v) is 20.5. The van der Waals surface area contributed by atoms with Gasteiger partial charge in [0.05, 0.1) is 0 Å². The van der Waals surface area contributed by atoms with Gasteiger partial charge in [-0.2, -0.15) is 0 Å². The Morgan fingerprint density at radius 2 is 0.857 bits per heavy atom. The largest absolute Gasteiger partial charge is 0.507 e. The molecule has 4 heteroatoms. The minimum Gasteiger partial charge on any atom is -0.507 e. The highest BCUT2D eigenvalue weighted by molar-refractivity contribution is 5.42. The van der Waals surface area contributed by atoms with Crippen LogP contribution in [0.15, 0.2) is 97.1 Å². The fourth-order valence-corrected chi connectivity index (χ4v) is 4.08. The first-order chi connectivity index (χ1) is 17.1. The van der Waals surface area contributed by atoms with Crippen molar-refractivity contribution in [3.63, 3.8) is 0 Å². The lowest BCUT2D eigenvalue weighted by Crippen LogP contribution is -2.46. The Bertz CT molecular complexity index is 1140. The van der Waals surface area contributed by atoms with Gasteiger partial charge < -0.3 is 19.3 Å². The van der Waals surface area contributed by atoms with E-state index in [1.807, 2.05) is 78.9 Å². The molecule has 0 aromatic heterocycles. The SMILES string of the molecule is CCc1ccccc1OC(Oc1ccccc1CC)(Oc1ccccc1CC)c1ccccc1O. The molecule has 180 valence electrons. The number of aryl methyl sites for hydroxylation is 3. The topological polar surface area (TPSA) is 47.9 Å². The van der Waals surface area contributed by atoms with Crippen molar-refractivity contribution < 1.29 is 19.3 Å². The maximum Gasteiger partial charge on any atom is 0.451 e. The molecule has 4 nitrogen and oxygen atoms in total. The standard InChI is InChI=1S/C31H32O4/c1-4-23-15-7-12-20-28(23)33-31(26-18-10-11-19-27(26)32,34-29-21-13-8-16-24(29)5-2)35-30-22-14-9-17-25(30)6-3/h7-22,32H,4-6H2,1-3H3. The van der Waals surface area contributed by atoms with Gasteiger partial charge in [-0.3, -0.25) is 0 Å². The Balaban J connectivity index is 1.96. The van der Waals surface area contributed by atoms with Crippen LogP contribution >= 0.6 is 0 Å². The Kier molecular flexibility index (Phi) is 7.61. The summed E-state index contributed by atoms with van der Waals surface area (Å²) in [7, 11) is 0. The van der Waals surface area contributed by atoms with Gasteiger partial charge in [-0.05, 0) is 66.3 Å². The van der Waals surface area contributed by atoms with Crippen LogP contribution in [0.1, 0.15) is 43.0 Å². The highest BCUT2D eigenvalue weighted by atomic mass is 16.9. The van der Waals surface area contributed by atoms with Gasteiger partial charge in [0.1, 0.15) is 28.6 Å². The van der Waals surface area contributed by atoms with Crippen LogP contribution in [0.2, 0.25) is 0 Å². The number of rotatable bonds is 10. The van der Waals surface area contributed by atoms with E-state index in [1.165, 1.54) is 0 Å². The Labute approximate surface area is 207 Å². The van der Waals surface area contributed by atoms with Crippen molar-refractivity contribution in [1.82, 2.24) is 0 Å². The van der Waals surface area contributed by atoms with Crippen LogP contribution in [0.25, 0.3) is 0 Å². The van der Waals surface area contributed by atoms with Crippen molar-refractivity contribution >= 4 is 0 Å². The smallest absolute Gasteiger partial charge is 0.451 e. The van der Waals surface area contributed by atoms with E-state index in [-0.39, 0.29) is 5.75 Å². The van der Waals surface area contributed by atoms with E-state index in [2.05, 4.69) is 20.8 Å². The summed E-state index contributed by atoms with van der Waals surface area (Å²) >= 11 is 0. The second-order valence-corrected chi connectivity index (χ2v) is 8.26. The number of ether oxygens (including phenoxy) is 3. The third-order valence-corrected chi connectivity index (χ3v) is 6.03. The Morgan fingerprint density at radius 3 is 1.23 bits per heavy atom. The summed E-state index contributed by atoms with van der Waals surface area (Å²) in [5.41, 5.74) is 3.40. The van der Waals surface area contributed by atoms with Crippen LogP contribution < -0.4 is 14.2 Å². The van der Waals surface area contributed by atoms with Crippen molar-refractivity contribution in [2.24, 2.45) is 0 Å². The van der Waals surface area contributed by atoms with Gasteiger partial charge in [0.15, 0.2) is 0 Å². The molecular weight excluding hydrogens is 436 g/mol. The lowest BCUT2D eigenvalue weighted by atomic mass is 10.1. The number of benzene rings is 4. The van der Waals surface area contributed by atoms with E-state index in [1.54, 1.807) is 18.2 Å². The molecule has 0 heterocycles. The number of para-hydroxylation sites is 4. The molecule has 0 radical (unpaired) electrons. The lowest BCUT2D eigenvalue weighted by Gasteiger charge is -2.36. The van der Waals surface area contributed by atoms with E-state index < -0.39 is 5.97 Å². The quantitative estimate of drug-likeness (QED) is 0.246. The van der Waals surface area contributed by atoms with Crippen molar-refractivity contribution in [3.05, 3.63) is 119 Å². The summed E-state index contributed by atoms with van der Waals surface area (Å²) in [5.74, 6) is 0.112. The van der Waals surface area contributed by atoms with E-state index in [4.69, 9.17) is 14.2 Å². The molecule has 4 aromatic carbocycles. The second kappa shape index (κ2) is 11.0. The van der Waals surface area contributed by atoms with Crippen molar-refractivity contribution in [2.75, 3.05) is 0 Å². The normalized spacial score (nSPS) is 11.2. The number of hydrogen-bond acceptors (Lipinski definition) is 4. The molecule has 0 fully saturated rings. The zero-order valence-electron chi connectivity index (χ0n) is 20.5. The molecule has 35 heavy (non-hydrogen) atoms. The van der Waals surface area contributed by atoms with Gasteiger partial charge >= 0.3 is 5.97 Å². The van der Waals surface area contributed by atoms with Gasteiger partial charge in [0, 0.05) is 0 Å². The lowest BCUT2D eigenvalue weighted by molar-refractivity contribution is -0.265. The number of phenolic OH excluding ortho intramolecular Hbond substituents is 1. The molecule has 0 aliphatic rings.